The third-order valence-corrected chi connectivity index (χ3v) is 6.62. The molecular weight excluding hydrogens is 486 g/mol. The molecule has 0 unspecified atom stereocenters. The first-order chi connectivity index (χ1) is 18.1. The summed E-state index contributed by atoms with van der Waals surface area (Å²) in [4.78, 5) is 24.1. The minimum Gasteiger partial charge on any atom is -0.368 e. The van der Waals surface area contributed by atoms with Crippen LogP contribution in [0.15, 0.2) is 60.9 Å². The molecule has 5 aromatic rings. The van der Waals surface area contributed by atoms with Crippen molar-refractivity contribution in [2.75, 3.05) is 31.5 Å². The van der Waals surface area contributed by atoms with Gasteiger partial charge in [-0.1, -0.05) is 23.7 Å². The Balaban J connectivity index is 1.05. The minimum absolute atomic E-state index is 0.441. The summed E-state index contributed by atoms with van der Waals surface area (Å²) in [6.45, 7) is 4.27. The Bertz CT molecular complexity index is 1550. The van der Waals surface area contributed by atoms with Gasteiger partial charge < -0.3 is 26.7 Å². The second kappa shape index (κ2) is 11.6. The van der Waals surface area contributed by atoms with E-state index in [4.69, 9.17) is 22.3 Å². The third kappa shape index (κ3) is 5.99. The fourth-order valence-electron chi connectivity index (χ4n) is 4.51. The highest BCUT2D eigenvalue weighted by atomic mass is 35.5. The molecule has 0 radical (unpaired) electrons. The fourth-order valence-corrected chi connectivity index (χ4v) is 4.68. The van der Waals surface area contributed by atoms with Gasteiger partial charge in [0.1, 0.15) is 5.82 Å². The van der Waals surface area contributed by atoms with Gasteiger partial charge in [0.25, 0.3) is 0 Å². The quantitative estimate of drug-likeness (QED) is 0.122. The maximum Gasteiger partial charge on any atom is 0.248 e. The summed E-state index contributed by atoms with van der Waals surface area (Å²) in [7, 11) is 0. The van der Waals surface area contributed by atoms with Crippen molar-refractivity contribution in [1.82, 2.24) is 25.6 Å². The van der Waals surface area contributed by atoms with Gasteiger partial charge in [-0.15, -0.1) is 0 Å². The summed E-state index contributed by atoms with van der Waals surface area (Å²) in [5, 5.41) is 15.3. The smallest absolute Gasteiger partial charge is 0.248 e. The van der Waals surface area contributed by atoms with Crippen molar-refractivity contribution in [1.29, 1.82) is 0 Å². The van der Waals surface area contributed by atoms with E-state index in [2.05, 4.69) is 32.0 Å². The standard InChI is InChI=1S/C28H30ClN7O/c29-20-5-3-18-13-21(35-25(18)15-20)16-32-9-2-1-8-31-11-12-34-28-23-7-10-33-17-24(23)22-6-4-19(27(30)37)14-26(22)36-28/h3-7,10,13-15,17,31-32,35H,1-2,8-9,11-12,16H2,(H2,30,37)(H,34,36). The number of aromatic amines is 1. The Morgan fingerprint density at radius 3 is 2.65 bits per heavy atom. The van der Waals surface area contributed by atoms with E-state index in [0.717, 1.165) is 89.3 Å². The number of halogens is 1. The summed E-state index contributed by atoms with van der Waals surface area (Å²) in [5.41, 5.74) is 8.85. The van der Waals surface area contributed by atoms with Gasteiger partial charge in [0.2, 0.25) is 5.91 Å². The zero-order valence-electron chi connectivity index (χ0n) is 20.5. The van der Waals surface area contributed by atoms with Crippen LogP contribution < -0.4 is 21.7 Å². The van der Waals surface area contributed by atoms with E-state index in [1.165, 1.54) is 5.39 Å². The predicted molar refractivity (Wildman–Crippen MR) is 151 cm³/mol. The molecule has 1 amide bonds. The van der Waals surface area contributed by atoms with Gasteiger partial charge >= 0.3 is 0 Å². The van der Waals surface area contributed by atoms with Crippen molar-refractivity contribution in [2.45, 2.75) is 19.4 Å². The number of rotatable bonds is 12. The van der Waals surface area contributed by atoms with E-state index >= 15 is 0 Å². The molecule has 6 N–H and O–H groups in total. The fraction of sp³-hybridized carbons (Fsp3) is 0.250. The third-order valence-electron chi connectivity index (χ3n) is 6.39. The van der Waals surface area contributed by atoms with Gasteiger partial charge in [-0.2, -0.15) is 0 Å². The van der Waals surface area contributed by atoms with Crippen molar-refractivity contribution in [3.8, 4) is 0 Å². The summed E-state index contributed by atoms with van der Waals surface area (Å²) >= 11 is 6.06. The molecule has 0 saturated heterocycles. The number of pyridine rings is 2. The van der Waals surface area contributed by atoms with Gasteiger partial charge in [-0.05, 0) is 67.7 Å². The average Bonchev–Trinajstić information content (AvgIpc) is 3.31. The van der Waals surface area contributed by atoms with Crippen LogP contribution in [0.2, 0.25) is 5.02 Å². The maximum atomic E-state index is 11.6. The molecule has 3 aromatic heterocycles. The number of nitrogens with one attached hydrogen (secondary N) is 4. The van der Waals surface area contributed by atoms with Gasteiger partial charge in [-0.3, -0.25) is 9.78 Å². The predicted octanol–water partition coefficient (Wildman–Crippen LogP) is 4.59. The van der Waals surface area contributed by atoms with Crippen LogP contribution >= 0.6 is 11.6 Å². The van der Waals surface area contributed by atoms with Crippen LogP contribution in [0, 0.1) is 0 Å². The Hall–Kier alpha value is -3.72. The van der Waals surface area contributed by atoms with E-state index < -0.39 is 5.91 Å². The maximum absolute atomic E-state index is 11.6. The molecule has 2 aromatic carbocycles. The Labute approximate surface area is 220 Å². The zero-order valence-corrected chi connectivity index (χ0v) is 21.2. The van der Waals surface area contributed by atoms with Crippen LogP contribution in [-0.2, 0) is 6.54 Å². The van der Waals surface area contributed by atoms with Crippen LogP contribution in [0.3, 0.4) is 0 Å². The molecule has 0 aliphatic rings. The summed E-state index contributed by atoms with van der Waals surface area (Å²) in [6, 6.07) is 15.4. The summed E-state index contributed by atoms with van der Waals surface area (Å²) in [5.74, 6) is 0.309. The SMILES string of the molecule is NC(=O)c1ccc2c(c1)nc(NCCNCCCCNCc1cc3ccc(Cl)cc3[nH]1)c1ccncc12. The van der Waals surface area contributed by atoms with Gasteiger partial charge in [0.15, 0.2) is 0 Å². The number of benzene rings is 2. The first kappa shape index (κ1) is 25.0. The number of anilines is 1. The lowest BCUT2D eigenvalue weighted by molar-refractivity contribution is 0.100. The number of primary amides is 1. The van der Waals surface area contributed by atoms with E-state index in [1.807, 2.05) is 36.5 Å². The lowest BCUT2D eigenvalue weighted by Crippen LogP contribution is -2.24. The Morgan fingerprint density at radius 1 is 0.919 bits per heavy atom. The van der Waals surface area contributed by atoms with E-state index in [1.54, 1.807) is 18.3 Å². The second-order valence-electron chi connectivity index (χ2n) is 9.06. The van der Waals surface area contributed by atoms with E-state index in [0.29, 0.717) is 5.56 Å². The first-order valence-electron chi connectivity index (χ1n) is 12.5. The highest BCUT2D eigenvalue weighted by Gasteiger charge is 2.10. The van der Waals surface area contributed by atoms with Crippen LogP contribution in [0.25, 0.3) is 32.6 Å². The Morgan fingerprint density at radius 2 is 1.78 bits per heavy atom. The molecular formula is C28H30ClN7O. The number of hydrogen-bond donors (Lipinski definition) is 5. The number of nitrogens with two attached hydrogens (primary N) is 1. The monoisotopic (exact) mass is 515 g/mol. The van der Waals surface area contributed by atoms with E-state index in [9.17, 15) is 4.79 Å². The molecule has 0 aliphatic heterocycles. The molecule has 0 aliphatic carbocycles. The molecule has 190 valence electrons. The molecule has 0 fully saturated rings. The average molecular weight is 516 g/mol. The topological polar surface area (TPSA) is 121 Å². The van der Waals surface area contributed by atoms with Crippen molar-refractivity contribution in [3.63, 3.8) is 0 Å². The lowest BCUT2D eigenvalue weighted by Gasteiger charge is -2.12. The molecule has 0 bridgehead atoms. The molecule has 0 spiro atoms. The van der Waals surface area contributed by atoms with Gasteiger partial charge in [0, 0.05) is 70.0 Å². The van der Waals surface area contributed by atoms with Crippen molar-refractivity contribution < 1.29 is 4.79 Å². The van der Waals surface area contributed by atoms with Crippen LogP contribution in [0.5, 0.6) is 0 Å². The summed E-state index contributed by atoms with van der Waals surface area (Å²) < 4.78 is 0. The van der Waals surface area contributed by atoms with E-state index in [-0.39, 0.29) is 0 Å². The normalized spacial score (nSPS) is 11.5. The van der Waals surface area contributed by atoms with Crippen molar-refractivity contribution in [3.05, 3.63) is 77.2 Å². The van der Waals surface area contributed by atoms with Gasteiger partial charge in [0.05, 0.1) is 5.52 Å². The van der Waals surface area contributed by atoms with Crippen molar-refractivity contribution >= 4 is 55.9 Å². The van der Waals surface area contributed by atoms with Gasteiger partial charge in [-0.25, -0.2) is 4.98 Å². The molecule has 0 atom stereocenters. The molecule has 0 saturated carbocycles. The molecule has 9 heteroatoms. The van der Waals surface area contributed by atoms with Crippen molar-refractivity contribution in [2.24, 2.45) is 5.73 Å². The highest BCUT2D eigenvalue weighted by molar-refractivity contribution is 6.31. The number of fused-ring (bicyclic) bond motifs is 4. The summed E-state index contributed by atoms with van der Waals surface area (Å²) in [6.07, 6.45) is 5.78. The second-order valence-corrected chi connectivity index (χ2v) is 9.50. The van der Waals surface area contributed by atoms with Crippen LogP contribution in [0.4, 0.5) is 5.82 Å². The zero-order chi connectivity index (χ0) is 25.6. The molecule has 5 rings (SSSR count). The lowest BCUT2D eigenvalue weighted by atomic mass is 10.1. The molecule has 3 heterocycles. The van der Waals surface area contributed by atoms with Crippen LogP contribution in [-0.4, -0.2) is 47.0 Å². The number of H-pyrrole nitrogens is 1. The first-order valence-corrected chi connectivity index (χ1v) is 12.9. The van der Waals surface area contributed by atoms with Crippen LogP contribution in [0.1, 0.15) is 28.9 Å². The number of hydrogen-bond acceptors (Lipinski definition) is 6. The number of carbonyl (C=O) groups is 1. The largest absolute Gasteiger partial charge is 0.368 e. The number of aromatic nitrogens is 3. The Kier molecular flexibility index (Phi) is 7.79. The minimum atomic E-state index is -0.466. The molecule has 37 heavy (non-hydrogen) atoms. The number of unbranched alkanes of at least 4 members (excludes halogenated alkanes) is 1. The molecule has 8 nitrogen and oxygen atoms in total. The number of carbonyl (C=O) groups excluding carboxylic acids is 1. The number of nitrogens with zero attached hydrogens (tertiary/aromatic N) is 2. The number of amides is 1. The highest BCUT2D eigenvalue weighted by Crippen LogP contribution is 2.29.